The lowest BCUT2D eigenvalue weighted by molar-refractivity contribution is 0.0690. The predicted molar refractivity (Wildman–Crippen MR) is 80.9 cm³/mol. The van der Waals surface area contributed by atoms with Crippen LogP contribution in [0.15, 0.2) is 42.6 Å². The number of hydrogen-bond donors (Lipinski definition) is 1. The zero-order valence-corrected chi connectivity index (χ0v) is 12.3. The van der Waals surface area contributed by atoms with E-state index in [1.165, 1.54) is 29.1 Å². The summed E-state index contributed by atoms with van der Waals surface area (Å²) < 4.78 is 14.4. The molecular formula is C16H13FN4O2. The Labute approximate surface area is 131 Å². The van der Waals surface area contributed by atoms with Crippen LogP contribution in [0.2, 0.25) is 0 Å². The van der Waals surface area contributed by atoms with Crippen LogP contribution in [0.4, 0.5) is 4.39 Å². The van der Waals surface area contributed by atoms with Gasteiger partial charge in [-0.25, -0.2) is 23.8 Å². The van der Waals surface area contributed by atoms with Crippen LogP contribution in [0.5, 0.6) is 0 Å². The molecule has 0 aliphatic rings. The second-order valence-corrected chi connectivity index (χ2v) is 4.85. The number of benzene rings is 1. The third-order valence-corrected chi connectivity index (χ3v) is 3.27. The van der Waals surface area contributed by atoms with E-state index in [-0.39, 0.29) is 11.5 Å². The topological polar surface area (TPSA) is 80.9 Å². The molecule has 0 fully saturated rings. The van der Waals surface area contributed by atoms with Crippen LogP contribution in [0.1, 0.15) is 23.1 Å². The maximum atomic E-state index is 13.1. The minimum atomic E-state index is -1.10. The van der Waals surface area contributed by atoms with Crippen molar-refractivity contribution in [1.82, 2.24) is 19.7 Å². The molecule has 0 atom stereocenters. The van der Waals surface area contributed by atoms with Crippen molar-refractivity contribution in [3.05, 3.63) is 59.8 Å². The molecule has 1 N–H and O–H groups in total. The highest BCUT2D eigenvalue weighted by Crippen LogP contribution is 2.18. The summed E-state index contributed by atoms with van der Waals surface area (Å²) in [6, 6.07) is 9.01. The molecule has 0 aliphatic heterocycles. The Bertz CT molecular complexity index is 859. The van der Waals surface area contributed by atoms with Crippen LogP contribution in [-0.2, 0) is 6.42 Å². The van der Waals surface area contributed by atoms with Gasteiger partial charge in [0.1, 0.15) is 5.82 Å². The van der Waals surface area contributed by atoms with Gasteiger partial charge < -0.3 is 5.11 Å². The Balaban J connectivity index is 2.08. The Hall–Kier alpha value is -3.09. The summed E-state index contributed by atoms with van der Waals surface area (Å²) in [6.07, 6.45) is 2.20. The summed E-state index contributed by atoms with van der Waals surface area (Å²) in [5, 5.41) is 12.9. The van der Waals surface area contributed by atoms with Crippen molar-refractivity contribution < 1.29 is 14.3 Å². The van der Waals surface area contributed by atoms with Crippen molar-refractivity contribution in [1.29, 1.82) is 0 Å². The molecular weight excluding hydrogens is 299 g/mol. The molecule has 116 valence electrons. The molecule has 2 heterocycles. The van der Waals surface area contributed by atoms with E-state index >= 15 is 0 Å². The fraction of sp³-hybridized carbons (Fsp3) is 0.125. The summed E-state index contributed by atoms with van der Waals surface area (Å²) in [4.78, 5) is 19.8. The standard InChI is InChI=1S/C16H13FN4O2/c1-2-12-9-14(21-8-7-13(20-21)16(22)23)19-15(18-12)10-3-5-11(17)6-4-10/h3-9H,2H2,1H3,(H,22,23). The fourth-order valence-electron chi connectivity index (χ4n) is 2.08. The largest absolute Gasteiger partial charge is 0.476 e. The predicted octanol–water partition coefficient (Wildman–Crippen LogP) is 2.73. The number of halogens is 1. The number of carboxylic acid groups (broad SMARTS) is 1. The first kappa shape index (κ1) is 14.8. The van der Waals surface area contributed by atoms with Crippen molar-refractivity contribution in [2.45, 2.75) is 13.3 Å². The van der Waals surface area contributed by atoms with Crippen molar-refractivity contribution in [3.63, 3.8) is 0 Å². The average molecular weight is 312 g/mol. The molecule has 0 bridgehead atoms. The Morgan fingerprint density at radius 3 is 2.57 bits per heavy atom. The molecule has 3 aromatic rings. The number of aromatic carboxylic acids is 1. The number of carboxylic acids is 1. The quantitative estimate of drug-likeness (QED) is 0.801. The Morgan fingerprint density at radius 1 is 1.22 bits per heavy atom. The van der Waals surface area contributed by atoms with E-state index in [0.29, 0.717) is 23.6 Å². The SMILES string of the molecule is CCc1cc(-n2ccc(C(=O)O)n2)nc(-c2ccc(F)cc2)n1. The summed E-state index contributed by atoms with van der Waals surface area (Å²) >= 11 is 0. The fourth-order valence-corrected chi connectivity index (χ4v) is 2.08. The van der Waals surface area contributed by atoms with Crippen LogP contribution < -0.4 is 0 Å². The van der Waals surface area contributed by atoms with Gasteiger partial charge in [0.2, 0.25) is 0 Å². The van der Waals surface area contributed by atoms with E-state index in [1.54, 1.807) is 18.2 Å². The van der Waals surface area contributed by atoms with E-state index in [1.807, 2.05) is 6.92 Å². The number of aromatic nitrogens is 4. The first-order valence-corrected chi connectivity index (χ1v) is 7.00. The van der Waals surface area contributed by atoms with E-state index in [2.05, 4.69) is 15.1 Å². The van der Waals surface area contributed by atoms with Gasteiger partial charge in [0.05, 0.1) is 0 Å². The van der Waals surface area contributed by atoms with Gasteiger partial charge in [0.25, 0.3) is 0 Å². The monoisotopic (exact) mass is 312 g/mol. The number of nitrogens with zero attached hydrogens (tertiary/aromatic N) is 4. The zero-order valence-electron chi connectivity index (χ0n) is 12.3. The summed E-state index contributed by atoms with van der Waals surface area (Å²) in [6.45, 7) is 1.95. The van der Waals surface area contributed by atoms with Crippen LogP contribution >= 0.6 is 0 Å². The zero-order chi connectivity index (χ0) is 16.4. The van der Waals surface area contributed by atoms with Gasteiger partial charge >= 0.3 is 5.97 Å². The van der Waals surface area contributed by atoms with Crippen LogP contribution in [0.3, 0.4) is 0 Å². The number of aryl methyl sites for hydroxylation is 1. The third kappa shape index (κ3) is 3.08. The first-order valence-electron chi connectivity index (χ1n) is 7.00. The molecule has 0 radical (unpaired) electrons. The Kier molecular flexibility index (Phi) is 3.84. The maximum Gasteiger partial charge on any atom is 0.356 e. The molecule has 0 saturated carbocycles. The molecule has 6 nitrogen and oxygen atoms in total. The molecule has 0 saturated heterocycles. The number of rotatable bonds is 4. The summed E-state index contributed by atoms with van der Waals surface area (Å²) in [7, 11) is 0. The van der Waals surface area contributed by atoms with Crippen LogP contribution in [0.25, 0.3) is 17.2 Å². The second kappa shape index (κ2) is 5.96. The van der Waals surface area contributed by atoms with Gasteiger partial charge in [0, 0.05) is 23.5 Å². The van der Waals surface area contributed by atoms with Gasteiger partial charge in [-0.3, -0.25) is 0 Å². The smallest absolute Gasteiger partial charge is 0.356 e. The lowest BCUT2D eigenvalue weighted by Crippen LogP contribution is -2.06. The molecule has 1 aromatic carbocycles. The van der Waals surface area contributed by atoms with E-state index < -0.39 is 5.97 Å². The summed E-state index contributed by atoms with van der Waals surface area (Å²) in [5.74, 6) is -0.540. The molecule has 7 heteroatoms. The van der Waals surface area contributed by atoms with Crippen molar-refractivity contribution >= 4 is 5.97 Å². The number of hydrogen-bond acceptors (Lipinski definition) is 4. The Morgan fingerprint density at radius 2 is 1.96 bits per heavy atom. The molecule has 23 heavy (non-hydrogen) atoms. The summed E-state index contributed by atoms with van der Waals surface area (Å²) in [5.41, 5.74) is 1.39. The van der Waals surface area contributed by atoms with Crippen molar-refractivity contribution in [3.8, 4) is 17.2 Å². The molecule has 2 aromatic heterocycles. The molecule has 0 aliphatic carbocycles. The van der Waals surface area contributed by atoms with Crippen molar-refractivity contribution in [2.75, 3.05) is 0 Å². The maximum absolute atomic E-state index is 13.1. The first-order chi connectivity index (χ1) is 11.1. The van der Waals surface area contributed by atoms with Crippen molar-refractivity contribution in [2.24, 2.45) is 0 Å². The minimum Gasteiger partial charge on any atom is -0.476 e. The van der Waals surface area contributed by atoms with E-state index in [0.717, 1.165) is 5.69 Å². The highest BCUT2D eigenvalue weighted by Gasteiger charge is 2.11. The number of carbonyl (C=O) groups is 1. The molecule has 0 amide bonds. The molecule has 0 spiro atoms. The van der Waals surface area contributed by atoms with Gasteiger partial charge in [-0.15, -0.1) is 0 Å². The second-order valence-electron chi connectivity index (χ2n) is 4.85. The van der Waals surface area contributed by atoms with Gasteiger partial charge in [-0.2, -0.15) is 5.10 Å². The van der Waals surface area contributed by atoms with E-state index in [4.69, 9.17) is 5.11 Å². The molecule has 3 rings (SSSR count). The molecule has 0 unspecified atom stereocenters. The lowest BCUT2D eigenvalue weighted by Gasteiger charge is -2.07. The van der Waals surface area contributed by atoms with Crippen LogP contribution in [0, 0.1) is 5.82 Å². The highest BCUT2D eigenvalue weighted by atomic mass is 19.1. The normalized spacial score (nSPS) is 10.7. The van der Waals surface area contributed by atoms with E-state index in [9.17, 15) is 9.18 Å². The van der Waals surface area contributed by atoms with Gasteiger partial charge in [0.15, 0.2) is 17.3 Å². The van der Waals surface area contributed by atoms with Crippen LogP contribution in [-0.4, -0.2) is 30.8 Å². The highest BCUT2D eigenvalue weighted by molar-refractivity contribution is 5.85. The van der Waals surface area contributed by atoms with Gasteiger partial charge in [-0.05, 0) is 36.8 Å². The minimum absolute atomic E-state index is 0.0648. The third-order valence-electron chi connectivity index (χ3n) is 3.27. The average Bonchev–Trinajstić information content (AvgIpc) is 3.05. The van der Waals surface area contributed by atoms with Gasteiger partial charge in [-0.1, -0.05) is 6.92 Å². The lowest BCUT2D eigenvalue weighted by atomic mass is 10.2.